The number of nitrogens with zero attached hydrogens (tertiary/aromatic N) is 1. The normalized spacial score (nSPS) is 11.3. The van der Waals surface area contributed by atoms with E-state index in [1.54, 1.807) is 6.07 Å². The highest BCUT2D eigenvalue weighted by atomic mass is 16.4. The largest absolute Gasteiger partial charge is 0.478 e. The van der Waals surface area contributed by atoms with Gasteiger partial charge in [-0.25, -0.2) is 9.78 Å². The number of carboxylic acid groups (broad SMARTS) is 1. The number of carboxylic acids is 1. The van der Waals surface area contributed by atoms with Crippen molar-refractivity contribution in [3.63, 3.8) is 0 Å². The highest BCUT2D eigenvalue weighted by Gasteiger charge is 2.15. The average Bonchev–Trinajstić information content (AvgIpc) is 3.17. The van der Waals surface area contributed by atoms with E-state index in [-0.39, 0.29) is 5.56 Å². The molecule has 0 aliphatic heterocycles. The fraction of sp³-hybridized carbons (Fsp3) is 0.167. The number of carbonyl (C=O) groups is 1. The molecule has 0 saturated heterocycles. The van der Waals surface area contributed by atoms with Gasteiger partial charge in [0.25, 0.3) is 0 Å². The van der Waals surface area contributed by atoms with Crippen LogP contribution in [0.1, 0.15) is 41.3 Å². The number of hydrogen-bond donors (Lipinski definition) is 1. The van der Waals surface area contributed by atoms with E-state index in [4.69, 9.17) is 4.42 Å². The lowest BCUT2D eigenvalue weighted by Crippen LogP contribution is -2.00. The molecule has 0 aliphatic rings. The van der Waals surface area contributed by atoms with Gasteiger partial charge in [-0.1, -0.05) is 49.7 Å². The van der Waals surface area contributed by atoms with Gasteiger partial charge in [0.15, 0.2) is 5.76 Å². The van der Waals surface area contributed by atoms with Crippen molar-refractivity contribution in [2.24, 2.45) is 0 Å². The van der Waals surface area contributed by atoms with E-state index in [1.807, 2.05) is 49.4 Å². The van der Waals surface area contributed by atoms with Crippen LogP contribution in [0.5, 0.6) is 0 Å². The van der Waals surface area contributed by atoms with E-state index in [9.17, 15) is 9.90 Å². The number of aromatic nitrogens is 1. The van der Waals surface area contributed by atoms with Crippen LogP contribution >= 0.6 is 0 Å². The zero-order chi connectivity index (χ0) is 19.8. The van der Waals surface area contributed by atoms with E-state index in [0.29, 0.717) is 28.3 Å². The number of aromatic carboxylic acids is 1. The van der Waals surface area contributed by atoms with Crippen molar-refractivity contribution < 1.29 is 14.3 Å². The first-order chi connectivity index (χ1) is 13.4. The molecule has 0 bridgehead atoms. The smallest absolute Gasteiger partial charge is 0.336 e. The van der Waals surface area contributed by atoms with Crippen molar-refractivity contribution in [3.05, 3.63) is 77.4 Å². The Morgan fingerprint density at radius 1 is 0.964 bits per heavy atom. The third kappa shape index (κ3) is 3.29. The summed E-state index contributed by atoms with van der Waals surface area (Å²) in [6.45, 7) is 6.25. The van der Waals surface area contributed by atoms with Gasteiger partial charge in [-0.3, -0.25) is 0 Å². The second-order valence-electron chi connectivity index (χ2n) is 7.32. The fourth-order valence-corrected chi connectivity index (χ4v) is 3.31. The fourth-order valence-electron chi connectivity index (χ4n) is 3.31. The summed E-state index contributed by atoms with van der Waals surface area (Å²) in [4.78, 5) is 16.4. The lowest BCUT2D eigenvalue weighted by Gasteiger charge is -2.07. The maximum absolute atomic E-state index is 11.8. The summed E-state index contributed by atoms with van der Waals surface area (Å²) in [5.41, 5.74) is 4.62. The number of rotatable bonds is 4. The van der Waals surface area contributed by atoms with Gasteiger partial charge in [-0.2, -0.15) is 0 Å². The molecule has 4 rings (SSSR count). The predicted octanol–water partition coefficient (Wildman–Crippen LogP) is 6.29. The van der Waals surface area contributed by atoms with Gasteiger partial charge in [-0.15, -0.1) is 0 Å². The summed E-state index contributed by atoms with van der Waals surface area (Å²) < 4.78 is 6.01. The third-order valence-electron chi connectivity index (χ3n) is 4.91. The second kappa shape index (κ2) is 6.97. The second-order valence-corrected chi connectivity index (χ2v) is 7.32. The minimum absolute atomic E-state index is 0.225. The standard InChI is InChI=1S/C24H21NO3/c1-14(2)16-5-7-17(8-6-16)22-10-11-23(28-22)21-13-19(24(26)27)18-12-15(3)4-9-20(18)25-21/h4-14H,1-3H3,(H,26,27). The van der Waals surface area contributed by atoms with Gasteiger partial charge < -0.3 is 9.52 Å². The highest BCUT2D eigenvalue weighted by Crippen LogP contribution is 2.31. The number of fused-ring (bicyclic) bond motifs is 1. The number of furan rings is 1. The summed E-state index contributed by atoms with van der Waals surface area (Å²) in [7, 11) is 0. The van der Waals surface area contributed by atoms with Crippen molar-refractivity contribution >= 4 is 16.9 Å². The van der Waals surface area contributed by atoms with Gasteiger partial charge in [0.1, 0.15) is 11.5 Å². The molecule has 0 saturated carbocycles. The first-order valence-corrected chi connectivity index (χ1v) is 9.27. The molecule has 0 spiro atoms. The van der Waals surface area contributed by atoms with Crippen molar-refractivity contribution in [3.8, 4) is 22.8 Å². The molecule has 0 amide bonds. The number of aryl methyl sites for hydroxylation is 1. The summed E-state index contributed by atoms with van der Waals surface area (Å²) in [6, 6.07) is 19.2. The third-order valence-corrected chi connectivity index (χ3v) is 4.91. The van der Waals surface area contributed by atoms with Crippen LogP contribution in [0.4, 0.5) is 0 Å². The van der Waals surface area contributed by atoms with Crippen molar-refractivity contribution in [1.82, 2.24) is 4.98 Å². The average molecular weight is 371 g/mol. The molecule has 0 fully saturated rings. The zero-order valence-corrected chi connectivity index (χ0v) is 16.1. The predicted molar refractivity (Wildman–Crippen MR) is 111 cm³/mol. The molecule has 4 nitrogen and oxygen atoms in total. The highest BCUT2D eigenvalue weighted by molar-refractivity contribution is 6.03. The summed E-state index contributed by atoms with van der Waals surface area (Å²) >= 11 is 0. The van der Waals surface area contributed by atoms with Crippen LogP contribution in [0, 0.1) is 6.92 Å². The Morgan fingerprint density at radius 3 is 2.36 bits per heavy atom. The van der Waals surface area contributed by atoms with E-state index in [1.165, 1.54) is 5.56 Å². The Hall–Kier alpha value is -3.40. The molecule has 2 heterocycles. The number of pyridine rings is 1. The molecular formula is C24H21NO3. The van der Waals surface area contributed by atoms with Crippen LogP contribution in [0.15, 0.2) is 65.1 Å². The Bertz CT molecular complexity index is 1170. The molecule has 2 aromatic heterocycles. The number of hydrogen-bond acceptors (Lipinski definition) is 3. The van der Waals surface area contributed by atoms with Gasteiger partial charge in [0.2, 0.25) is 0 Å². The molecule has 2 aromatic carbocycles. The first-order valence-electron chi connectivity index (χ1n) is 9.27. The lowest BCUT2D eigenvalue weighted by atomic mass is 10.0. The van der Waals surface area contributed by atoms with Crippen LogP contribution in [0.3, 0.4) is 0 Å². The summed E-state index contributed by atoms with van der Waals surface area (Å²) in [6.07, 6.45) is 0. The van der Waals surface area contributed by atoms with E-state index >= 15 is 0 Å². The molecule has 0 radical (unpaired) electrons. The molecule has 0 aliphatic carbocycles. The molecule has 4 heteroatoms. The van der Waals surface area contributed by atoms with Crippen LogP contribution in [0.2, 0.25) is 0 Å². The molecule has 28 heavy (non-hydrogen) atoms. The van der Waals surface area contributed by atoms with Crippen molar-refractivity contribution in [2.75, 3.05) is 0 Å². The van der Waals surface area contributed by atoms with Gasteiger partial charge in [0, 0.05) is 10.9 Å². The minimum atomic E-state index is -0.977. The topological polar surface area (TPSA) is 63.3 Å². The SMILES string of the molecule is Cc1ccc2nc(-c3ccc(-c4ccc(C(C)C)cc4)o3)cc(C(=O)O)c2c1. The zero-order valence-electron chi connectivity index (χ0n) is 16.1. The van der Waals surface area contributed by atoms with Crippen molar-refractivity contribution in [2.45, 2.75) is 26.7 Å². The molecule has 4 aromatic rings. The Kier molecular flexibility index (Phi) is 4.47. The van der Waals surface area contributed by atoms with E-state index in [2.05, 4.69) is 31.0 Å². The van der Waals surface area contributed by atoms with Gasteiger partial charge in [-0.05, 0) is 48.7 Å². The van der Waals surface area contributed by atoms with Crippen LogP contribution in [-0.2, 0) is 0 Å². The van der Waals surface area contributed by atoms with E-state index in [0.717, 1.165) is 16.9 Å². The van der Waals surface area contributed by atoms with Gasteiger partial charge in [0.05, 0.1) is 11.1 Å². The Morgan fingerprint density at radius 2 is 1.68 bits per heavy atom. The maximum Gasteiger partial charge on any atom is 0.336 e. The van der Waals surface area contributed by atoms with Crippen LogP contribution in [0.25, 0.3) is 33.7 Å². The van der Waals surface area contributed by atoms with Gasteiger partial charge >= 0.3 is 5.97 Å². The Labute approximate surface area is 163 Å². The minimum Gasteiger partial charge on any atom is -0.478 e. The molecule has 0 unspecified atom stereocenters. The molecule has 1 N–H and O–H groups in total. The monoisotopic (exact) mass is 371 g/mol. The number of benzene rings is 2. The quantitative estimate of drug-likeness (QED) is 0.458. The van der Waals surface area contributed by atoms with Crippen LogP contribution in [-0.4, -0.2) is 16.1 Å². The Balaban J connectivity index is 1.77. The lowest BCUT2D eigenvalue weighted by molar-refractivity contribution is 0.0699. The molecule has 0 atom stereocenters. The molecule has 140 valence electrons. The van der Waals surface area contributed by atoms with E-state index < -0.39 is 5.97 Å². The van der Waals surface area contributed by atoms with Crippen LogP contribution < -0.4 is 0 Å². The first kappa shape index (κ1) is 18.0. The summed E-state index contributed by atoms with van der Waals surface area (Å²) in [5, 5.41) is 10.3. The summed E-state index contributed by atoms with van der Waals surface area (Å²) in [5.74, 6) is 0.775. The maximum atomic E-state index is 11.8. The molecular weight excluding hydrogens is 350 g/mol. The van der Waals surface area contributed by atoms with Crippen molar-refractivity contribution in [1.29, 1.82) is 0 Å².